The monoisotopic (exact) mass is 196 g/mol. The van der Waals surface area contributed by atoms with Gasteiger partial charge in [0.15, 0.2) is 0 Å². The minimum absolute atomic E-state index is 0.421. The van der Waals surface area contributed by atoms with Gasteiger partial charge in [0, 0.05) is 19.1 Å². The number of likely N-dealkylation sites (tertiary alicyclic amines) is 1. The summed E-state index contributed by atoms with van der Waals surface area (Å²) in [7, 11) is 0. The van der Waals surface area contributed by atoms with Crippen LogP contribution in [0.1, 0.15) is 39.0 Å². The van der Waals surface area contributed by atoms with Crippen LogP contribution in [-0.4, -0.2) is 30.6 Å². The lowest BCUT2D eigenvalue weighted by Crippen LogP contribution is -2.48. The van der Waals surface area contributed by atoms with Gasteiger partial charge in [-0.15, -0.1) is 0 Å². The van der Waals surface area contributed by atoms with Gasteiger partial charge in [-0.05, 0) is 37.6 Å². The summed E-state index contributed by atoms with van der Waals surface area (Å²) in [6.45, 7) is 6.03. The molecule has 0 radical (unpaired) electrons. The number of hydrogen-bond acceptors (Lipinski definition) is 2. The Hall–Kier alpha value is -0.0800. The molecule has 0 aromatic carbocycles. The lowest BCUT2D eigenvalue weighted by Gasteiger charge is -2.36. The second-order valence-corrected chi connectivity index (χ2v) is 5.34. The lowest BCUT2D eigenvalue weighted by atomic mass is 9.93. The Morgan fingerprint density at radius 3 is 2.57 bits per heavy atom. The highest BCUT2D eigenvalue weighted by Gasteiger charge is 2.25. The Kier molecular flexibility index (Phi) is 3.45. The van der Waals surface area contributed by atoms with E-state index in [1.807, 2.05) is 0 Å². The quantitative estimate of drug-likeness (QED) is 0.730. The van der Waals surface area contributed by atoms with Crippen molar-refractivity contribution in [1.29, 1.82) is 0 Å². The third kappa shape index (κ3) is 2.48. The number of rotatable bonds is 2. The summed E-state index contributed by atoms with van der Waals surface area (Å²) >= 11 is 0. The fourth-order valence-electron chi connectivity index (χ4n) is 2.89. The Bertz CT molecular complexity index is 175. The van der Waals surface area contributed by atoms with Crippen LogP contribution in [0.5, 0.6) is 0 Å². The van der Waals surface area contributed by atoms with Crippen LogP contribution in [0.3, 0.4) is 0 Å². The maximum Gasteiger partial charge on any atom is 0.0194 e. The summed E-state index contributed by atoms with van der Waals surface area (Å²) in [5, 5.41) is 0. The van der Waals surface area contributed by atoms with Gasteiger partial charge in [-0.1, -0.05) is 19.8 Å². The van der Waals surface area contributed by atoms with Crippen molar-refractivity contribution >= 4 is 0 Å². The predicted molar refractivity (Wildman–Crippen MR) is 60.2 cm³/mol. The molecule has 2 fully saturated rings. The van der Waals surface area contributed by atoms with Gasteiger partial charge >= 0.3 is 0 Å². The summed E-state index contributed by atoms with van der Waals surface area (Å²) in [4.78, 5) is 2.60. The smallest absolute Gasteiger partial charge is 0.0194 e. The molecule has 0 aromatic rings. The van der Waals surface area contributed by atoms with E-state index in [2.05, 4.69) is 11.8 Å². The second-order valence-electron chi connectivity index (χ2n) is 5.34. The van der Waals surface area contributed by atoms with Gasteiger partial charge < -0.3 is 10.6 Å². The summed E-state index contributed by atoms with van der Waals surface area (Å²) in [6, 6.07) is 0.421. The molecule has 0 amide bonds. The minimum atomic E-state index is 0.421. The first-order chi connectivity index (χ1) is 6.75. The molecule has 1 aliphatic carbocycles. The average molecular weight is 196 g/mol. The summed E-state index contributed by atoms with van der Waals surface area (Å²) in [6.07, 6.45) is 7.14. The van der Waals surface area contributed by atoms with Crippen molar-refractivity contribution in [2.45, 2.75) is 45.1 Å². The standard InChI is InChI=1S/C12H24N2/c1-10-6-7-14(9-12(10)13)8-11-4-2-3-5-11/h10-12H,2-9,13H2,1H3. The van der Waals surface area contributed by atoms with Crippen LogP contribution in [0.4, 0.5) is 0 Å². The van der Waals surface area contributed by atoms with Crippen molar-refractivity contribution in [3.63, 3.8) is 0 Å². The molecule has 1 saturated heterocycles. The van der Waals surface area contributed by atoms with Gasteiger partial charge in [0.05, 0.1) is 0 Å². The first kappa shape index (κ1) is 10.4. The lowest BCUT2D eigenvalue weighted by molar-refractivity contribution is 0.148. The fourth-order valence-corrected chi connectivity index (χ4v) is 2.89. The van der Waals surface area contributed by atoms with E-state index in [0.717, 1.165) is 18.4 Å². The molecule has 2 heteroatoms. The van der Waals surface area contributed by atoms with Gasteiger partial charge in [-0.25, -0.2) is 0 Å². The second kappa shape index (κ2) is 4.63. The molecular weight excluding hydrogens is 172 g/mol. The maximum absolute atomic E-state index is 6.10. The van der Waals surface area contributed by atoms with Gasteiger partial charge in [0.1, 0.15) is 0 Å². The highest BCUT2D eigenvalue weighted by Crippen LogP contribution is 2.26. The van der Waals surface area contributed by atoms with Crippen molar-refractivity contribution in [1.82, 2.24) is 4.90 Å². The number of nitrogens with two attached hydrogens (primary N) is 1. The van der Waals surface area contributed by atoms with Crippen LogP contribution in [-0.2, 0) is 0 Å². The third-order valence-electron chi connectivity index (χ3n) is 4.09. The SMILES string of the molecule is CC1CCN(CC2CCCC2)CC1N. The maximum atomic E-state index is 6.10. The van der Waals surface area contributed by atoms with Crippen LogP contribution in [0, 0.1) is 11.8 Å². The van der Waals surface area contributed by atoms with Crippen molar-refractivity contribution in [3.8, 4) is 0 Å². The molecule has 2 rings (SSSR count). The van der Waals surface area contributed by atoms with Gasteiger partial charge in [0.2, 0.25) is 0 Å². The van der Waals surface area contributed by atoms with E-state index in [9.17, 15) is 0 Å². The van der Waals surface area contributed by atoms with E-state index in [-0.39, 0.29) is 0 Å². The molecule has 14 heavy (non-hydrogen) atoms. The molecule has 1 heterocycles. The average Bonchev–Trinajstić information content (AvgIpc) is 2.64. The molecule has 2 nitrogen and oxygen atoms in total. The Balaban J connectivity index is 1.75. The van der Waals surface area contributed by atoms with Crippen molar-refractivity contribution in [3.05, 3.63) is 0 Å². The largest absolute Gasteiger partial charge is 0.326 e. The number of nitrogens with zero attached hydrogens (tertiary/aromatic N) is 1. The van der Waals surface area contributed by atoms with E-state index in [4.69, 9.17) is 5.73 Å². The third-order valence-corrected chi connectivity index (χ3v) is 4.09. The highest BCUT2D eigenvalue weighted by atomic mass is 15.1. The topological polar surface area (TPSA) is 29.3 Å². The first-order valence-electron chi connectivity index (χ1n) is 6.23. The van der Waals surface area contributed by atoms with Crippen LogP contribution in [0.25, 0.3) is 0 Å². The number of piperidine rings is 1. The zero-order chi connectivity index (χ0) is 9.97. The molecule has 2 N–H and O–H groups in total. The molecule has 2 aliphatic rings. The van der Waals surface area contributed by atoms with Crippen molar-refractivity contribution in [2.75, 3.05) is 19.6 Å². The summed E-state index contributed by atoms with van der Waals surface area (Å²) < 4.78 is 0. The van der Waals surface area contributed by atoms with E-state index in [1.54, 1.807) is 0 Å². The van der Waals surface area contributed by atoms with Crippen molar-refractivity contribution in [2.24, 2.45) is 17.6 Å². The molecule has 1 saturated carbocycles. The molecule has 2 atom stereocenters. The fraction of sp³-hybridized carbons (Fsp3) is 1.00. The van der Waals surface area contributed by atoms with E-state index in [1.165, 1.54) is 45.2 Å². The van der Waals surface area contributed by atoms with Crippen LogP contribution >= 0.6 is 0 Å². The van der Waals surface area contributed by atoms with Gasteiger partial charge in [-0.3, -0.25) is 0 Å². The molecule has 2 unspecified atom stereocenters. The Morgan fingerprint density at radius 2 is 1.93 bits per heavy atom. The Morgan fingerprint density at radius 1 is 1.21 bits per heavy atom. The van der Waals surface area contributed by atoms with E-state index < -0.39 is 0 Å². The normalized spacial score (nSPS) is 36.4. The predicted octanol–water partition coefficient (Wildman–Crippen LogP) is 1.85. The molecule has 1 aliphatic heterocycles. The van der Waals surface area contributed by atoms with Crippen molar-refractivity contribution < 1.29 is 0 Å². The minimum Gasteiger partial charge on any atom is -0.326 e. The number of hydrogen-bond donors (Lipinski definition) is 1. The zero-order valence-corrected chi connectivity index (χ0v) is 9.41. The van der Waals surface area contributed by atoms with Crippen LogP contribution in [0.2, 0.25) is 0 Å². The zero-order valence-electron chi connectivity index (χ0n) is 9.41. The van der Waals surface area contributed by atoms with Gasteiger partial charge in [-0.2, -0.15) is 0 Å². The van der Waals surface area contributed by atoms with Crippen LogP contribution in [0.15, 0.2) is 0 Å². The van der Waals surface area contributed by atoms with E-state index in [0.29, 0.717) is 6.04 Å². The molecular formula is C12H24N2. The van der Waals surface area contributed by atoms with E-state index >= 15 is 0 Å². The first-order valence-corrected chi connectivity index (χ1v) is 6.23. The summed E-state index contributed by atoms with van der Waals surface area (Å²) in [5.41, 5.74) is 6.10. The van der Waals surface area contributed by atoms with Crippen LogP contribution < -0.4 is 5.73 Å². The highest BCUT2D eigenvalue weighted by molar-refractivity contribution is 4.82. The Labute approximate surface area is 87.8 Å². The summed E-state index contributed by atoms with van der Waals surface area (Å²) in [5.74, 6) is 1.71. The molecule has 0 aromatic heterocycles. The van der Waals surface area contributed by atoms with Gasteiger partial charge in [0.25, 0.3) is 0 Å². The molecule has 0 bridgehead atoms. The molecule has 82 valence electrons. The molecule has 0 spiro atoms.